The van der Waals surface area contributed by atoms with Gasteiger partial charge in [-0.1, -0.05) is 6.07 Å². The average molecular weight is 261 g/mol. The molecule has 1 aromatic carbocycles. The highest BCUT2D eigenvalue weighted by atomic mass is 15.0. The smallest absolute Gasteiger partial charge is 0.0955 e. The Morgan fingerprint density at radius 1 is 0.950 bits per heavy atom. The van der Waals surface area contributed by atoms with Gasteiger partial charge in [0.2, 0.25) is 0 Å². The molecule has 3 heterocycles. The Hall–Kier alpha value is -2.55. The SMILES string of the molecule is Cc1cc2c(cc1-c1cccn3cccc13)ncn2C. The molecule has 3 nitrogen and oxygen atoms in total. The molecule has 0 spiro atoms. The molecule has 0 unspecified atom stereocenters. The van der Waals surface area contributed by atoms with Crippen molar-refractivity contribution in [3.8, 4) is 11.1 Å². The van der Waals surface area contributed by atoms with E-state index in [0.717, 1.165) is 5.52 Å². The third-order valence-electron chi connectivity index (χ3n) is 3.93. The van der Waals surface area contributed by atoms with E-state index in [1.165, 1.54) is 27.7 Å². The van der Waals surface area contributed by atoms with Crippen molar-refractivity contribution in [2.24, 2.45) is 7.05 Å². The van der Waals surface area contributed by atoms with Crippen LogP contribution in [0.4, 0.5) is 0 Å². The van der Waals surface area contributed by atoms with E-state index in [4.69, 9.17) is 0 Å². The van der Waals surface area contributed by atoms with Crippen molar-refractivity contribution in [3.05, 3.63) is 60.7 Å². The number of imidazole rings is 1. The molecular weight excluding hydrogens is 246 g/mol. The standard InChI is InChI=1S/C17H15N3/c1-12-9-17-15(18-11-19(17)2)10-14(12)13-5-3-7-20-8-4-6-16(13)20/h3-11H,1-2H3. The lowest BCUT2D eigenvalue weighted by Gasteiger charge is -2.09. The van der Waals surface area contributed by atoms with Crippen molar-refractivity contribution >= 4 is 16.6 Å². The Balaban J connectivity index is 2.06. The first-order valence-electron chi connectivity index (χ1n) is 6.72. The van der Waals surface area contributed by atoms with E-state index in [2.05, 4.69) is 69.7 Å². The molecule has 0 amide bonds. The molecule has 4 rings (SSSR count). The largest absolute Gasteiger partial charge is 0.334 e. The Morgan fingerprint density at radius 2 is 1.75 bits per heavy atom. The minimum Gasteiger partial charge on any atom is -0.334 e. The van der Waals surface area contributed by atoms with Crippen LogP contribution in [0.3, 0.4) is 0 Å². The molecule has 0 fully saturated rings. The number of aromatic nitrogens is 3. The normalized spacial score (nSPS) is 11.5. The van der Waals surface area contributed by atoms with Crippen LogP contribution in [-0.2, 0) is 7.05 Å². The van der Waals surface area contributed by atoms with Gasteiger partial charge in [-0.2, -0.15) is 0 Å². The van der Waals surface area contributed by atoms with E-state index in [9.17, 15) is 0 Å². The molecule has 0 saturated heterocycles. The molecule has 0 aliphatic rings. The number of fused-ring (bicyclic) bond motifs is 2. The molecule has 98 valence electrons. The van der Waals surface area contributed by atoms with Gasteiger partial charge in [0.1, 0.15) is 0 Å². The second-order valence-electron chi connectivity index (χ2n) is 5.23. The summed E-state index contributed by atoms with van der Waals surface area (Å²) in [6, 6.07) is 12.9. The zero-order chi connectivity index (χ0) is 13.7. The average Bonchev–Trinajstić information content (AvgIpc) is 3.05. The molecule has 0 N–H and O–H groups in total. The first kappa shape index (κ1) is 11.3. The monoisotopic (exact) mass is 261 g/mol. The number of aryl methyl sites for hydroxylation is 2. The van der Waals surface area contributed by atoms with Crippen LogP contribution in [0.1, 0.15) is 5.56 Å². The molecule has 3 aromatic heterocycles. The van der Waals surface area contributed by atoms with Crippen molar-refractivity contribution in [1.29, 1.82) is 0 Å². The van der Waals surface area contributed by atoms with Crippen molar-refractivity contribution in [1.82, 2.24) is 14.0 Å². The molecule has 0 aliphatic heterocycles. The maximum Gasteiger partial charge on any atom is 0.0955 e. The van der Waals surface area contributed by atoms with Gasteiger partial charge in [-0.25, -0.2) is 4.98 Å². The molecule has 3 heteroatoms. The highest BCUT2D eigenvalue weighted by Gasteiger charge is 2.10. The lowest BCUT2D eigenvalue weighted by Crippen LogP contribution is -1.90. The first-order chi connectivity index (χ1) is 9.74. The molecule has 4 aromatic rings. The lowest BCUT2D eigenvalue weighted by molar-refractivity contribution is 0.947. The zero-order valence-electron chi connectivity index (χ0n) is 11.5. The molecule has 0 saturated carbocycles. The highest BCUT2D eigenvalue weighted by molar-refractivity contribution is 5.89. The van der Waals surface area contributed by atoms with E-state index in [1.807, 2.05) is 13.4 Å². The summed E-state index contributed by atoms with van der Waals surface area (Å²) in [6.07, 6.45) is 6.02. The van der Waals surface area contributed by atoms with E-state index in [1.54, 1.807) is 0 Å². The topological polar surface area (TPSA) is 22.2 Å². The van der Waals surface area contributed by atoms with Crippen LogP contribution in [0.25, 0.3) is 27.7 Å². The van der Waals surface area contributed by atoms with Crippen LogP contribution in [0.2, 0.25) is 0 Å². The molecule has 0 aliphatic carbocycles. The van der Waals surface area contributed by atoms with E-state index >= 15 is 0 Å². The van der Waals surface area contributed by atoms with Gasteiger partial charge < -0.3 is 8.97 Å². The summed E-state index contributed by atoms with van der Waals surface area (Å²) in [5.41, 5.74) is 7.22. The van der Waals surface area contributed by atoms with Gasteiger partial charge in [-0.05, 0) is 48.4 Å². The van der Waals surface area contributed by atoms with E-state index in [-0.39, 0.29) is 0 Å². The highest BCUT2D eigenvalue weighted by Crippen LogP contribution is 2.30. The fourth-order valence-corrected chi connectivity index (χ4v) is 2.87. The molecular formula is C17H15N3. The van der Waals surface area contributed by atoms with Crippen molar-refractivity contribution in [2.75, 3.05) is 0 Å². The zero-order valence-corrected chi connectivity index (χ0v) is 11.5. The van der Waals surface area contributed by atoms with Crippen molar-refractivity contribution < 1.29 is 0 Å². The van der Waals surface area contributed by atoms with Crippen molar-refractivity contribution in [2.45, 2.75) is 6.92 Å². The van der Waals surface area contributed by atoms with Crippen LogP contribution in [0.15, 0.2) is 55.1 Å². The predicted octanol–water partition coefficient (Wildman–Crippen LogP) is 3.80. The summed E-state index contributed by atoms with van der Waals surface area (Å²) in [6.45, 7) is 2.16. The summed E-state index contributed by atoms with van der Waals surface area (Å²) in [5.74, 6) is 0. The number of hydrogen-bond donors (Lipinski definition) is 0. The van der Waals surface area contributed by atoms with Gasteiger partial charge in [0.25, 0.3) is 0 Å². The fourth-order valence-electron chi connectivity index (χ4n) is 2.87. The van der Waals surface area contributed by atoms with Crippen LogP contribution in [0, 0.1) is 6.92 Å². The lowest BCUT2D eigenvalue weighted by atomic mass is 9.99. The molecule has 20 heavy (non-hydrogen) atoms. The minimum atomic E-state index is 1.04. The van der Waals surface area contributed by atoms with Crippen molar-refractivity contribution in [3.63, 3.8) is 0 Å². The van der Waals surface area contributed by atoms with E-state index in [0.29, 0.717) is 0 Å². The van der Waals surface area contributed by atoms with Crippen LogP contribution >= 0.6 is 0 Å². The second-order valence-corrected chi connectivity index (χ2v) is 5.23. The molecule has 0 bridgehead atoms. The maximum atomic E-state index is 4.47. The quantitative estimate of drug-likeness (QED) is 0.511. The number of nitrogens with zero attached hydrogens (tertiary/aromatic N) is 3. The predicted molar refractivity (Wildman–Crippen MR) is 81.8 cm³/mol. The van der Waals surface area contributed by atoms with Crippen LogP contribution < -0.4 is 0 Å². The Morgan fingerprint density at radius 3 is 2.60 bits per heavy atom. The number of benzene rings is 1. The summed E-state index contributed by atoms with van der Waals surface area (Å²) < 4.78 is 4.21. The molecule has 0 radical (unpaired) electrons. The maximum absolute atomic E-state index is 4.47. The van der Waals surface area contributed by atoms with Gasteiger partial charge in [-0.15, -0.1) is 0 Å². The van der Waals surface area contributed by atoms with Gasteiger partial charge >= 0.3 is 0 Å². The minimum absolute atomic E-state index is 1.04. The first-order valence-corrected chi connectivity index (χ1v) is 6.72. The second kappa shape index (κ2) is 3.97. The summed E-state index contributed by atoms with van der Waals surface area (Å²) in [4.78, 5) is 4.47. The van der Waals surface area contributed by atoms with Crippen LogP contribution in [-0.4, -0.2) is 14.0 Å². The molecule has 0 atom stereocenters. The van der Waals surface area contributed by atoms with Gasteiger partial charge in [0, 0.05) is 25.0 Å². The Bertz CT molecular complexity index is 928. The summed E-state index contributed by atoms with van der Waals surface area (Å²) >= 11 is 0. The third-order valence-corrected chi connectivity index (χ3v) is 3.93. The van der Waals surface area contributed by atoms with Gasteiger partial charge in [0.15, 0.2) is 0 Å². The Labute approximate surface area is 117 Å². The third kappa shape index (κ3) is 1.50. The van der Waals surface area contributed by atoms with E-state index < -0.39 is 0 Å². The number of pyridine rings is 1. The number of rotatable bonds is 1. The summed E-state index contributed by atoms with van der Waals surface area (Å²) in [7, 11) is 2.03. The summed E-state index contributed by atoms with van der Waals surface area (Å²) in [5, 5.41) is 0. The van der Waals surface area contributed by atoms with Gasteiger partial charge in [0.05, 0.1) is 22.9 Å². The number of hydrogen-bond acceptors (Lipinski definition) is 1. The van der Waals surface area contributed by atoms with Gasteiger partial charge in [-0.3, -0.25) is 0 Å². The fraction of sp³-hybridized carbons (Fsp3) is 0.118. The van der Waals surface area contributed by atoms with Crippen LogP contribution in [0.5, 0.6) is 0 Å². The Kier molecular flexibility index (Phi) is 2.24.